The summed E-state index contributed by atoms with van der Waals surface area (Å²) in [7, 11) is 0. The van der Waals surface area contributed by atoms with Crippen LogP contribution in [0.25, 0.3) is 11.1 Å². The van der Waals surface area contributed by atoms with Gasteiger partial charge in [-0.15, -0.1) is 0 Å². The minimum atomic E-state index is 0.00532. The zero-order valence-corrected chi connectivity index (χ0v) is 16.5. The van der Waals surface area contributed by atoms with Crippen LogP contribution in [0.2, 0.25) is 0 Å². The molecule has 2 aromatic carbocycles. The van der Waals surface area contributed by atoms with Crippen molar-refractivity contribution in [1.29, 1.82) is 0 Å². The molecule has 2 N–H and O–H groups in total. The molecule has 0 radical (unpaired) electrons. The zero-order valence-electron chi connectivity index (χ0n) is 16.5. The van der Waals surface area contributed by atoms with Gasteiger partial charge in [0, 0.05) is 17.6 Å². The average Bonchev–Trinajstić information content (AvgIpc) is 3.23. The van der Waals surface area contributed by atoms with Gasteiger partial charge in [-0.05, 0) is 74.2 Å². The standard InChI is InChI=1S/C24H30N2O2/c27-22-8-6-7-21(17-22)19-9-11-20(12-10-19)23(28)25-18-24(13-2-3-14-24)26-15-4-1-5-16-26/h6-12,17,27H,1-5,13-16,18H2,(H,25,28). The van der Waals surface area contributed by atoms with E-state index in [9.17, 15) is 9.90 Å². The highest BCUT2D eigenvalue weighted by Gasteiger charge is 2.40. The van der Waals surface area contributed by atoms with E-state index in [1.807, 2.05) is 36.4 Å². The minimum Gasteiger partial charge on any atom is -0.508 e. The van der Waals surface area contributed by atoms with Crippen LogP contribution in [-0.2, 0) is 0 Å². The number of rotatable bonds is 5. The molecule has 2 fully saturated rings. The minimum absolute atomic E-state index is 0.00532. The van der Waals surface area contributed by atoms with Gasteiger partial charge in [-0.2, -0.15) is 0 Å². The van der Waals surface area contributed by atoms with Gasteiger partial charge in [-0.25, -0.2) is 0 Å². The van der Waals surface area contributed by atoms with Gasteiger partial charge in [0.05, 0.1) is 0 Å². The molecule has 148 valence electrons. The van der Waals surface area contributed by atoms with Gasteiger partial charge < -0.3 is 10.4 Å². The number of phenolic OH excluding ortho intramolecular Hbond substituents is 1. The first kappa shape index (κ1) is 19.0. The summed E-state index contributed by atoms with van der Waals surface area (Å²) in [4.78, 5) is 15.4. The highest BCUT2D eigenvalue weighted by atomic mass is 16.3. The fourth-order valence-electron chi connectivity index (χ4n) is 4.85. The number of carbonyl (C=O) groups excluding carboxylic acids is 1. The van der Waals surface area contributed by atoms with E-state index < -0.39 is 0 Å². The molecule has 0 aromatic heterocycles. The van der Waals surface area contributed by atoms with Gasteiger partial charge in [-0.1, -0.05) is 43.5 Å². The van der Waals surface area contributed by atoms with Crippen LogP contribution in [0.1, 0.15) is 55.3 Å². The van der Waals surface area contributed by atoms with Crippen molar-refractivity contribution >= 4 is 5.91 Å². The fraction of sp³-hybridized carbons (Fsp3) is 0.458. The van der Waals surface area contributed by atoms with E-state index in [4.69, 9.17) is 0 Å². The Kier molecular flexibility index (Phi) is 5.67. The van der Waals surface area contributed by atoms with Gasteiger partial charge in [0.15, 0.2) is 0 Å². The van der Waals surface area contributed by atoms with E-state index in [1.165, 1.54) is 58.0 Å². The molecule has 4 nitrogen and oxygen atoms in total. The molecule has 1 heterocycles. The Balaban J connectivity index is 1.41. The number of aromatic hydroxyl groups is 1. The summed E-state index contributed by atoms with van der Waals surface area (Å²) in [5.74, 6) is 0.254. The first-order valence-corrected chi connectivity index (χ1v) is 10.6. The number of amides is 1. The van der Waals surface area contributed by atoms with Crippen molar-refractivity contribution in [3.05, 3.63) is 54.1 Å². The lowest BCUT2D eigenvalue weighted by molar-refractivity contribution is 0.0642. The summed E-state index contributed by atoms with van der Waals surface area (Å²) in [5, 5.41) is 12.9. The second-order valence-electron chi connectivity index (χ2n) is 8.29. The monoisotopic (exact) mass is 378 g/mol. The van der Waals surface area contributed by atoms with Crippen molar-refractivity contribution in [3.63, 3.8) is 0 Å². The van der Waals surface area contributed by atoms with Crippen LogP contribution in [0.3, 0.4) is 0 Å². The molecule has 1 saturated heterocycles. The topological polar surface area (TPSA) is 52.6 Å². The van der Waals surface area contributed by atoms with Crippen LogP contribution in [0.5, 0.6) is 5.75 Å². The third-order valence-electron chi connectivity index (χ3n) is 6.47. The van der Waals surface area contributed by atoms with Crippen molar-refractivity contribution in [2.45, 2.75) is 50.5 Å². The maximum atomic E-state index is 12.8. The van der Waals surface area contributed by atoms with Crippen LogP contribution in [-0.4, -0.2) is 41.1 Å². The van der Waals surface area contributed by atoms with Crippen molar-refractivity contribution in [1.82, 2.24) is 10.2 Å². The summed E-state index contributed by atoms with van der Waals surface area (Å²) in [5.41, 5.74) is 2.79. The maximum absolute atomic E-state index is 12.8. The van der Waals surface area contributed by atoms with Crippen LogP contribution >= 0.6 is 0 Å². The molecule has 1 aliphatic carbocycles. The average molecular weight is 379 g/mol. The van der Waals surface area contributed by atoms with E-state index >= 15 is 0 Å². The first-order chi connectivity index (χ1) is 13.7. The highest BCUT2D eigenvalue weighted by Crippen LogP contribution is 2.36. The van der Waals surface area contributed by atoms with E-state index in [0.717, 1.165) is 17.7 Å². The molecule has 1 saturated carbocycles. The number of piperidine rings is 1. The second kappa shape index (κ2) is 8.36. The number of carbonyl (C=O) groups is 1. The molecule has 0 atom stereocenters. The number of nitrogens with zero attached hydrogens (tertiary/aromatic N) is 1. The molecular formula is C24H30N2O2. The molecule has 2 aromatic rings. The predicted octanol–water partition coefficient (Wildman–Crippen LogP) is 4.59. The third kappa shape index (κ3) is 4.07. The molecule has 4 heteroatoms. The second-order valence-corrected chi connectivity index (χ2v) is 8.29. The Morgan fingerprint density at radius 1 is 0.929 bits per heavy atom. The Labute approximate surface area is 167 Å². The number of hydrogen-bond acceptors (Lipinski definition) is 3. The summed E-state index contributed by atoms with van der Waals surface area (Å²) in [6.07, 6.45) is 8.84. The Morgan fingerprint density at radius 3 is 2.32 bits per heavy atom. The van der Waals surface area contributed by atoms with Crippen molar-refractivity contribution < 1.29 is 9.90 Å². The first-order valence-electron chi connectivity index (χ1n) is 10.6. The Bertz CT molecular complexity index is 804. The molecule has 1 aliphatic heterocycles. The Hall–Kier alpha value is -2.33. The maximum Gasteiger partial charge on any atom is 0.251 e. The van der Waals surface area contributed by atoms with Gasteiger partial charge in [0.2, 0.25) is 0 Å². The quantitative estimate of drug-likeness (QED) is 0.800. The largest absolute Gasteiger partial charge is 0.508 e. The summed E-state index contributed by atoms with van der Waals surface area (Å²) >= 11 is 0. The third-order valence-corrected chi connectivity index (χ3v) is 6.47. The summed E-state index contributed by atoms with van der Waals surface area (Å²) < 4.78 is 0. The van der Waals surface area contributed by atoms with Gasteiger partial charge >= 0.3 is 0 Å². The molecule has 4 rings (SSSR count). The Morgan fingerprint density at radius 2 is 1.64 bits per heavy atom. The summed E-state index contributed by atoms with van der Waals surface area (Å²) in [6.45, 7) is 3.10. The number of phenols is 1. The molecule has 1 amide bonds. The number of nitrogens with one attached hydrogen (secondary N) is 1. The number of likely N-dealkylation sites (tertiary alicyclic amines) is 1. The van der Waals surface area contributed by atoms with E-state index in [-0.39, 0.29) is 17.2 Å². The van der Waals surface area contributed by atoms with Gasteiger partial charge in [-0.3, -0.25) is 9.69 Å². The van der Waals surface area contributed by atoms with Crippen molar-refractivity contribution in [3.8, 4) is 16.9 Å². The van der Waals surface area contributed by atoms with Gasteiger partial charge in [0.25, 0.3) is 5.91 Å². The van der Waals surface area contributed by atoms with Crippen LogP contribution < -0.4 is 5.32 Å². The fourth-order valence-corrected chi connectivity index (χ4v) is 4.85. The molecule has 0 spiro atoms. The molecular weight excluding hydrogens is 348 g/mol. The molecule has 0 bridgehead atoms. The molecule has 2 aliphatic rings. The van der Waals surface area contributed by atoms with E-state index in [2.05, 4.69) is 10.2 Å². The lowest BCUT2D eigenvalue weighted by atomic mass is 9.92. The SMILES string of the molecule is O=C(NCC1(N2CCCCC2)CCCC1)c1ccc(-c2cccc(O)c2)cc1. The van der Waals surface area contributed by atoms with Gasteiger partial charge in [0.1, 0.15) is 5.75 Å². The van der Waals surface area contributed by atoms with E-state index in [0.29, 0.717) is 5.56 Å². The lowest BCUT2D eigenvalue weighted by Crippen LogP contribution is -2.55. The zero-order chi connectivity index (χ0) is 19.4. The molecule has 0 unspecified atom stereocenters. The normalized spacial score (nSPS) is 19.4. The van der Waals surface area contributed by atoms with Crippen LogP contribution in [0, 0.1) is 0 Å². The van der Waals surface area contributed by atoms with E-state index in [1.54, 1.807) is 12.1 Å². The predicted molar refractivity (Wildman–Crippen MR) is 112 cm³/mol. The van der Waals surface area contributed by atoms with Crippen LogP contribution in [0.4, 0.5) is 0 Å². The van der Waals surface area contributed by atoms with Crippen LogP contribution in [0.15, 0.2) is 48.5 Å². The molecule has 28 heavy (non-hydrogen) atoms. The number of hydrogen-bond donors (Lipinski definition) is 2. The lowest BCUT2D eigenvalue weighted by Gasteiger charge is -2.43. The number of benzene rings is 2. The smallest absolute Gasteiger partial charge is 0.251 e. The summed E-state index contributed by atoms with van der Waals surface area (Å²) in [6, 6.07) is 14.8. The van der Waals surface area contributed by atoms with Crippen molar-refractivity contribution in [2.24, 2.45) is 0 Å². The highest BCUT2D eigenvalue weighted by molar-refractivity contribution is 5.94. The van der Waals surface area contributed by atoms with Crippen molar-refractivity contribution in [2.75, 3.05) is 19.6 Å².